The molecule has 0 bridgehead atoms. The smallest absolute Gasteiger partial charge is 0.153 e. The highest BCUT2D eigenvalue weighted by Gasteiger charge is 2.23. The maximum Gasteiger partial charge on any atom is 0.153 e. The van der Waals surface area contributed by atoms with Crippen molar-refractivity contribution in [2.24, 2.45) is 0 Å². The van der Waals surface area contributed by atoms with Gasteiger partial charge < -0.3 is 10.6 Å². The minimum Gasteiger partial charge on any atom is -0.395 e. The third-order valence-corrected chi connectivity index (χ3v) is 2.91. The fourth-order valence-electron chi connectivity index (χ4n) is 2.04. The van der Waals surface area contributed by atoms with Crippen LogP contribution in [0.15, 0.2) is 12.3 Å². The molecule has 1 saturated heterocycles. The molecular formula is C11H14N4. The van der Waals surface area contributed by atoms with Crippen LogP contribution < -0.4 is 10.6 Å². The largest absolute Gasteiger partial charge is 0.395 e. The van der Waals surface area contributed by atoms with Crippen LogP contribution in [0.2, 0.25) is 0 Å². The molecule has 78 valence electrons. The van der Waals surface area contributed by atoms with E-state index >= 15 is 0 Å². The Hall–Kier alpha value is -1.76. The lowest BCUT2D eigenvalue weighted by Gasteiger charge is -2.23. The predicted molar refractivity (Wildman–Crippen MR) is 59.4 cm³/mol. The first-order chi connectivity index (χ1) is 7.24. The van der Waals surface area contributed by atoms with Gasteiger partial charge in [0.05, 0.1) is 11.3 Å². The summed E-state index contributed by atoms with van der Waals surface area (Å²) in [6.07, 6.45) is 3.98. The third-order valence-electron chi connectivity index (χ3n) is 2.91. The van der Waals surface area contributed by atoms with Crippen LogP contribution >= 0.6 is 0 Å². The number of nitrogen functional groups attached to an aromatic ring is 1. The van der Waals surface area contributed by atoms with Gasteiger partial charge in [-0.1, -0.05) is 0 Å². The molecule has 0 radical (unpaired) electrons. The van der Waals surface area contributed by atoms with Crippen LogP contribution in [0.25, 0.3) is 0 Å². The highest BCUT2D eigenvalue weighted by Crippen LogP contribution is 2.29. The lowest BCUT2D eigenvalue weighted by atomic mass is 10.2. The highest BCUT2D eigenvalue weighted by molar-refractivity contribution is 5.70. The second kappa shape index (κ2) is 3.77. The Morgan fingerprint density at radius 2 is 2.47 bits per heavy atom. The quantitative estimate of drug-likeness (QED) is 0.749. The van der Waals surface area contributed by atoms with Crippen LogP contribution in [-0.4, -0.2) is 17.6 Å². The summed E-state index contributed by atoms with van der Waals surface area (Å²) in [4.78, 5) is 6.45. The zero-order valence-electron chi connectivity index (χ0n) is 8.77. The van der Waals surface area contributed by atoms with Crippen molar-refractivity contribution in [1.29, 1.82) is 5.26 Å². The Kier molecular flexibility index (Phi) is 2.46. The van der Waals surface area contributed by atoms with Crippen molar-refractivity contribution in [1.82, 2.24) is 4.98 Å². The van der Waals surface area contributed by atoms with E-state index in [1.165, 1.54) is 6.42 Å². The van der Waals surface area contributed by atoms with E-state index in [-0.39, 0.29) is 0 Å². The molecule has 0 spiro atoms. The first-order valence-corrected chi connectivity index (χ1v) is 5.15. The first kappa shape index (κ1) is 9.78. The van der Waals surface area contributed by atoms with Crippen LogP contribution in [0.4, 0.5) is 11.5 Å². The minimum atomic E-state index is 0.466. The number of aromatic nitrogens is 1. The Bertz CT molecular complexity index is 408. The summed E-state index contributed by atoms with van der Waals surface area (Å²) in [5.41, 5.74) is 6.93. The van der Waals surface area contributed by atoms with E-state index in [2.05, 4.69) is 22.9 Å². The van der Waals surface area contributed by atoms with Gasteiger partial charge in [-0.05, 0) is 25.8 Å². The second-order valence-electron chi connectivity index (χ2n) is 3.89. The predicted octanol–water partition coefficient (Wildman–Crippen LogP) is 1.52. The fraction of sp³-hybridized carbons (Fsp3) is 0.455. The molecule has 1 atom stereocenters. The van der Waals surface area contributed by atoms with Gasteiger partial charge in [-0.15, -0.1) is 0 Å². The number of hydrogen-bond donors (Lipinski definition) is 1. The normalized spacial score (nSPS) is 20.3. The van der Waals surface area contributed by atoms with Gasteiger partial charge in [-0.2, -0.15) is 5.26 Å². The molecule has 0 saturated carbocycles. The maximum absolute atomic E-state index is 8.88. The molecule has 15 heavy (non-hydrogen) atoms. The molecule has 2 heterocycles. The Morgan fingerprint density at radius 3 is 3.07 bits per heavy atom. The van der Waals surface area contributed by atoms with Gasteiger partial charge in [0, 0.05) is 18.8 Å². The molecule has 1 aliphatic rings. The monoisotopic (exact) mass is 202 g/mol. The number of anilines is 2. The summed E-state index contributed by atoms with van der Waals surface area (Å²) in [6, 6.07) is 4.20. The molecule has 1 aromatic rings. The van der Waals surface area contributed by atoms with Crippen LogP contribution in [0.5, 0.6) is 0 Å². The zero-order chi connectivity index (χ0) is 10.8. The van der Waals surface area contributed by atoms with Crippen LogP contribution in [0, 0.1) is 11.3 Å². The van der Waals surface area contributed by atoms with Crippen LogP contribution in [-0.2, 0) is 0 Å². The van der Waals surface area contributed by atoms with Gasteiger partial charge in [-0.25, -0.2) is 4.98 Å². The topological polar surface area (TPSA) is 65.9 Å². The molecule has 1 unspecified atom stereocenters. The Labute approximate surface area is 89.3 Å². The highest BCUT2D eigenvalue weighted by atomic mass is 15.2. The van der Waals surface area contributed by atoms with Gasteiger partial charge in [0.2, 0.25) is 0 Å². The molecule has 0 amide bonds. The fourth-order valence-corrected chi connectivity index (χ4v) is 2.04. The van der Waals surface area contributed by atoms with Crippen molar-refractivity contribution < 1.29 is 0 Å². The number of nitrogens with two attached hydrogens (primary N) is 1. The molecular weight excluding hydrogens is 188 g/mol. The summed E-state index contributed by atoms with van der Waals surface area (Å²) < 4.78 is 0. The third kappa shape index (κ3) is 1.61. The summed E-state index contributed by atoms with van der Waals surface area (Å²) in [6.45, 7) is 3.14. The molecule has 0 aromatic carbocycles. The lowest BCUT2D eigenvalue weighted by molar-refractivity contribution is 0.728. The summed E-state index contributed by atoms with van der Waals surface area (Å²) in [7, 11) is 0. The van der Waals surface area contributed by atoms with Crippen molar-refractivity contribution in [3.8, 4) is 6.07 Å². The van der Waals surface area contributed by atoms with Crippen molar-refractivity contribution in [2.45, 2.75) is 25.8 Å². The number of nitrogens with zero attached hydrogens (tertiary/aromatic N) is 3. The molecule has 4 nitrogen and oxygen atoms in total. The van der Waals surface area contributed by atoms with Gasteiger partial charge in [0.15, 0.2) is 5.82 Å². The Balaban J connectivity index is 2.40. The maximum atomic E-state index is 8.88. The van der Waals surface area contributed by atoms with E-state index in [1.54, 1.807) is 12.3 Å². The van der Waals surface area contributed by atoms with Crippen molar-refractivity contribution in [3.05, 3.63) is 17.8 Å². The van der Waals surface area contributed by atoms with Crippen molar-refractivity contribution in [2.75, 3.05) is 17.2 Å². The van der Waals surface area contributed by atoms with E-state index in [9.17, 15) is 0 Å². The van der Waals surface area contributed by atoms with Crippen molar-refractivity contribution >= 4 is 11.5 Å². The first-order valence-electron chi connectivity index (χ1n) is 5.15. The number of pyridine rings is 1. The van der Waals surface area contributed by atoms with Crippen LogP contribution in [0.1, 0.15) is 25.3 Å². The van der Waals surface area contributed by atoms with Gasteiger partial charge in [-0.3, -0.25) is 0 Å². The van der Waals surface area contributed by atoms with E-state index < -0.39 is 0 Å². The average Bonchev–Trinajstić information content (AvgIpc) is 2.65. The number of hydrogen-bond acceptors (Lipinski definition) is 4. The zero-order valence-corrected chi connectivity index (χ0v) is 8.77. The minimum absolute atomic E-state index is 0.466. The Morgan fingerprint density at radius 1 is 1.67 bits per heavy atom. The van der Waals surface area contributed by atoms with Gasteiger partial charge in [0.1, 0.15) is 6.07 Å². The molecule has 1 aromatic heterocycles. The van der Waals surface area contributed by atoms with Gasteiger partial charge >= 0.3 is 0 Å². The molecule has 2 N–H and O–H groups in total. The molecule has 4 heteroatoms. The van der Waals surface area contributed by atoms with E-state index in [0.717, 1.165) is 18.8 Å². The van der Waals surface area contributed by atoms with Crippen molar-refractivity contribution in [3.63, 3.8) is 0 Å². The molecule has 1 fully saturated rings. The summed E-state index contributed by atoms with van der Waals surface area (Å²) >= 11 is 0. The standard InChI is InChI=1S/C11H14N4/c1-8-3-2-6-15(8)11-10(13)9(7-12)4-5-14-11/h4-5,8H,2-3,6,13H2,1H3. The molecule has 0 aliphatic carbocycles. The average molecular weight is 202 g/mol. The number of rotatable bonds is 1. The van der Waals surface area contributed by atoms with E-state index in [4.69, 9.17) is 11.0 Å². The molecule has 1 aliphatic heterocycles. The second-order valence-corrected chi connectivity index (χ2v) is 3.89. The molecule has 2 rings (SSSR count). The van der Waals surface area contributed by atoms with Crippen LogP contribution in [0.3, 0.4) is 0 Å². The SMILES string of the molecule is CC1CCCN1c1nccc(C#N)c1N. The lowest BCUT2D eigenvalue weighted by Crippen LogP contribution is -2.28. The summed E-state index contributed by atoms with van der Waals surface area (Å²) in [5.74, 6) is 0.763. The van der Waals surface area contributed by atoms with E-state index in [1.807, 2.05) is 0 Å². The number of nitriles is 1. The summed E-state index contributed by atoms with van der Waals surface area (Å²) in [5, 5.41) is 8.88. The van der Waals surface area contributed by atoms with E-state index in [0.29, 0.717) is 17.3 Å². The van der Waals surface area contributed by atoms with Gasteiger partial charge in [0.25, 0.3) is 0 Å².